The van der Waals surface area contributed by atoms with Crippen molar-refractivity contribution in [1.29, 1.82) is 0 Å². The zero-order valence-corrected chi connectivity index (χ0v) is 13.0. The van der Waals surface area contributed by atoms with Crippen molar-refractivity contribution >= 4 is 5.91 Å². The minimum atomic E-state index is -0.0782. The monoisotopic (exact) mass is 286 g/mol. The van der Waals surface area contributed by atoms with E-state index >= 15 is 0 Å². The molecule has 0 saturated carbocycles. The Morgan fingerprint density at radius 1 is 1.29 bits per heavy atom. The molecule has 0 aliphatic rings. The van der Waals surface area contributed by atoms with Crippen LogP contribution in [0, 0.1) is 5.92 Å². The molecule has 0 aliphatic heterocycles. The average molecular weight is 286 g/mol. The molecule has 2 aromatic rings. The molecule has 21 heavy (non-hydrogen) atoms. The predicted octanol–water partition coefficient (Wildman–Crippen LogP) is 2.84. The molecule has 2 aromatic heterocycles. The lowest BCUT2D eigenvalue weighted by molar-refractivity contribution is 0.0736. The molecule has 0 spiro atoms. The Labute approximate surface area is 125 Å². The Morgan fingerprint density at radius 2 is 1.95 bits per heavy atom. The smallest absolute Gasteiger partial charge is 0.274 e. The van der Waals surface area contributed by atoms with Gasteiger partial charge in [-0.25, -0.2) is 0 Å². The lowest BCUT2D eigenvalue weighted by atomic mass is 10.1. The van der Waals surface area contributed by atoms with Crippen LogP contribution in [-0.2, 0) is 6.42 Å². The molecule has 1 atom stereocenters. The van der Waals surface area contributed by atoms with Crippen molar-refractivity contribution in [2.24, 2.45) is 5.92 Å². The molecule has 0 fully saturated rings. The second kappa shape index (κ2) is 6.52. The van der Waals surface area contributed by atoms with Gasteiger partial charge in [-0.05, 0) is 43.0 Å². The molecule has 1 N–H and O–H groups in total. The molecule has 112 valence electrons. The van der Waals surface area contributed by atoms with Gasteiger partial charge in [-0.1, -0.05) is 13.8 Å². The first-order valence-electron chi connectivity index (χ1n) is 7.20. The number of hydrogen-bond acceptors (Lipinski definition) is 3. The van der Waals surface area contributed by atoms with Crippen LogP contribution in [0.3, 0.4) is 0 Å². The van der Waals surface area contributed by atoms with Crippen molar-refractivity contribution in [2.45, 2.75) is 33.2 Å². The Kier molecular flexibility index (Phi) is 4.73. The summed E-state index contributed by atoms with van der Waals surface area (Å²) in [7, 11) is 1.80. The maximum Gasteiger partial charge on any atom is 0.274 e. The highest BCUT2D eigenvalue weighted by Crippen LogP contribution is 2.19. The molecule has 0 aromatic carbocycles. The topological polar surface area (TPSA) is 61.9 Å². The van der Waals surface area contributed by atoms with Gasteiger partial charge < -0.3 is 4.90 Å². The number of carbonyl (C=O) groups excluding carboxylic acids is 1. The molecule has 0 radical (unpaired) electrons. The third-order valence-electron chi connectivity index (χ3n) is 3.57. The van der Waals surface area contributed by atoms with Crippen molar-refractivity contribution in [1.82, 2.24) is 20.1 Å². The van der Waals surface area contributed by atoms with Gasteiger partial charge >= 0.3 is 0 Å². The third-order valence-corrected chi connectivity index (χ3v) is 3.57. The summed E-state index contributed by atoms with van der Waals surface area (Å²) in [6.07, 6.45) is 4.36. The summed E-state index contributed by atoms with van der Waals surface area (Å²) in [6.45, 7) is 6.27. The van der Waals surface area contributed by atoms with E-state index in [4.69, 9.17) is 0 Å². The molecule has 1 amide bonds. The number of hydrogen-bond donors (Lipinski definition) is 1. The number of H-pyrrole nitrogens is 1. The van der Waals surface area contributed by atoms with E-state index in [0.717, 1.165) is 17.7 Å². The van der Waals surface area contributed by atoms with E-state index in [1.165, 1.54) is 0 Å². The van der Waals surface area contributed by atoms with Gasteiger partial charge in [-0.3, -0.25) is 14.9 Å². The zero-order valence-electron chi connectivity index (χ0n) is 13.0. The highest BCUT2D eigenvalue weighted by atomic mass is 16.2. The summed E-state index contributed by atoms with van der Waals surface area (Å²) in [5.41, 5.74) is 2.52. The van der Waals surface area contributed by atoms with Gasteiger partial charge in [-0.15, -0.1) is 0 Å². The number of carbonyl (C=O) groups is 1. The lowest BCUT2D eigenvalue weighted by Crippen LogP contribution is -2.29. The van der Waals surface area contributed by atoms with Crippen LogP contribution in [0.4, 0.5) is 0 Å². The first-order valence-corrected chi connectivity index (χ1v) is 7.20. The van der Waals surface area contributed by atoms with Crippen molar-refractivity contribution in [3.05, 3.63) is 47.5 Å². The van der Waals surface area contributed by atoms with E-state index in [0.29, 0.717) is 11.6 Å². The second-order valence-electron chi connectivity index (χ2n) is 5.75. The van der Waals surface area contributed by atoms with Crippen LogP contribution in [0.5, 0.6) is 0 Å². The fourth-order valence-corrected chi connectivity index (χ4v) is 2.24. The summed E-state index contributed by atoms with van der Waals surface area (Å²) in [5.74, 6) is 0.451. The van der Waals surface area contributed by atoms with Crippen LogP contribution in [0.25, 0.3) is 0 Å². The first-order chi connectivity index (χ1) is 9.99. The molecular weight excluding hydrogens is 264 g/mol. The summed E-state index contributed by atoms with van der Waals surface area (Å²) in [4.78, 5) is 18.2. The van der Waals surface area contributed by atoms with Gasteiger partial charge in [0.25, 0.3) is 5.91 Å². The number of amides is 1. The summed E-state index contributed by atoms with van der Waals surface area (Å²) < 4.78 is 0. The molecule has 0 saturated heterocycles. The highest BCUT2D eigenvalue weighted by Gasteiger charge is 2.21. The summed E-state index contributed by atoms with van der Waals surface area (Å²) in [6, 6.07) is 5.66. The Bertz CT molecular complexity index is 591. The van der Waals surface area contributed by atoms with Crippen molar-refractivity contribution < 1.29 is 4.79 Å². The van der Waals surface area contributed by atoms with Gasteiger partial charge in [-0.2, -0.15) is 5.10 Å². The Morgan fingerprint density at radius 3 is 2.57 bits per heavy atom. The Balaban J connectivity index is 2.10. The minimum absolute atomic E-state index is 0.0225. The molecule has 1 unspecified atom stereocenters. The van der Waals surface area contributed by atoms with Crippen LogP contribution >= 0.6 is 0 Å². The average Bonchev–Trinajstić information content (AvgIpc) is 2.93. The van der Waals surface area contributed by atoms with E-state index < -0.39 is 0 Å². The number of rotatable bonds is 5. The minimum Gasteiger partial charge on any atom is -0.334 e. The van der Waals surface area contributed by atoms with Gasteiger partial charge in [0.05, 0.1) is 6.04 Å². The largest absolute Gasteiger partial charge is 0.334 e. The number of aromatic amines is 1. The standard InChI is InChI=1S/C16H22N4O/c1-11(2)9-14-10-15(19-18-14)16(21)20(4)12(3)13-5-7-17-8-6-13/h5-8,10-12H,9H2,1-4H3,(H,18,19). The third kappa shape index (κ3) is 3.68. The SMILES string of the molecule is CC(C)Cc1cc(C(=O)N(C)C(C)c2ccncc2)n[nH]1. The molecular formula is C16H22N4O. The number of nitrogens with one attached hydrogen (secondary N) is 1. The normalized spacial score (nSPS) is 12.4. The zero-order chi connectivity index (χ0) is 15.4. The van der Waals surface area contributed by atoms with Crippen LogP contribution in [-0.4, -0.2) is 33.0 Å². The molecule has 0 bridgehead atoms. The highest BCUT2D eigenvalue weighted by molar-refractivity contribution is 5.92. The van der Waals surface area contributed by atoms with Crippen LogP contribution in [0.1, 0.15) is 48.6 Å². The molecule has 2 rings (SSSR count). The van der Waals surface area contributed by atoms with Crippen LogP contribution in [0.15, 0.2) is 30.6 Å². The molecule has 2 heterocycles. The lowest BCUT2D eigenvalue weighted by Gasteiger charge is -2.24. The van der Waals surface area contributed by atoms with Gasteiger partial charge in [0, 0.05) is 25.1 Å². The second-order valence-corrected chi connectivity index (χ2v) is 5.75. The fraction of sp³-hybridized carbons (Fsp3) is 0.438. The number of nitrogens with zero attached hydrogens (tertiary/aromatic N) is 3. The van der Waals surface area contributed by atoms with Gasteiger partial charge in [0.15, 0.2) is 0 Å². The molecule has 5 heteroatoms. The Hall–Kier alpha value is -2.17. The van der Waals surface area contributed by atoms with Gasteiger partial charge in [0.1, 0.15) is 5.69 Å². The summed E-state index contributed by atoms with van der Waals surface area (Å²) in [5, 5.41) is 7.08. The van der Waals surface area contributed by atoms with Crippen LogP contribution < -0.4 is 0 Å². The first kappa shape index (κ1) is 15.2. The quantitative estimate of drug-likeness (QED) is 0.919. The molecule has 0 aliphatic carbocycles. The maximum atomic E-state index is 12.5. The van der Waals surface area contributed by atoms with E-state index in [2.05, 4.69) is 29.0 Å². The van der Waals surface area contributed by atoms with Crippen molar-refractivity contribution in [3.8, 4) is 0 Å². The maximum absolute atomic E-state index is 12.5. The molecule has 5 nitrogen and oxygen atoms in total. The number of pyridine rings is 1. The van der Waals surface area contributed by atoms with Crippen molar-refractivity contribution in [2.75, 3.05) is 7.05 Å². The van der Waals surface area contributed by atoms with E-state index in [-0.39, 0.29) is 11.9 Å². The van der Waals surface area contributed by atoms with E-state index in [1.54, 1.807) is 24.3 Å². The van der Waals surface area contributed by atoms with E-state index in [9.17, 15) is 4.79 Å². The van der Waals surface area contributed by atoms with Crippen molar-refractivity contribution in [3.63, 3.8) is 0 Å². The summed E-state index contributed by atoms with van der Waals surface area (Å²) >= 11 is 0. The van der Waals surface area contributed by atoms with Crippen LogP contribution in [0.2, 0.25) is 0 Å². The van der Waals surface area contributed by atoms with E-state index in [1.807, 2.05) is 25.1 Å². The fourth-order valence-electron chi connectivity index (χ4n) is 2.24. The van der Waals surface area contributed by atoms with Gasteiger partial charge in [0.2, 0.25) is 0 Å². The predicted molar refractivity (Wildman–Crippen MR) is 81.9 cm³/mol. The number of aromatic nitrogens is 3.